The van der Waals surface area contributed by atoms with Crippen LogP contribution in [0.4, 0.5) is 21.8 Å². The molecule has 0 unspecified atom stereocenters. The minimum absolute atomic E-state index is 0.286. The molecule has 1 fully saturated rings. The van der Waals surface area contributed by atoms with Gasteiger partial charge in [0.2, 0.25) is 0 Å². The topological polar surface area (TPSA) is 87.8 Å². The van der Waals surface area contributed by atoms with Crippen LogP contribution in [-0.4, -0.2) is 39.4 Å². The summed E-state index contributed by atoms with van der Waals surface area (Å²) in [5, 5.41) is 13.8. The highest BCUT2D eigenvalue weighted by molar-refractivity contribution is 5.66. The molecule has 28 heavy (non-hydrogen) atoms. The molecule has 0 bridgehead atoms. The fourth-order valence-corrected chi connectivity index (χ4v) is 3.22. The van der Waals surface area contributed by atoms with Crippen molar-refractivity contribution in [3.05, 3.63) is 47.7 Å². The predicted molar refractivity (Wildman–Crippen MR) is 106 cm³/mol. The number of aryl methyl sites for hydroxylation is 1. The van der Waals surface area contributed by atoms with E-state index < -0.39 is 6.67 Å². The smallest absolute Gasteiger partial charge is 0.164 e. The van der Waals surface area contributed by atoms with Crippen LogP contribution in [0.5, 0.6) is 0 Å². The lowest BCUT2D eigenvalue weighted by Gasteiger charge is -2.24. The molecule has 1 saturated heterocycles. The number of alkyl halides is 1. The Hall–Kier alpha value is -3.00. The van der Waals surface area contributed by atoms with Gasteiger partial charge in [0.15, 0.2) is 11.6 Å². The molecule has 1 aromatic carbocycles. The third-order valence-electron chi connectivity index (χ3n) is 4.66. The second-order valence-corrected chi connectivity index (χ2v) is 6.84. The number of anilines is 3. The number of aromatic amines is 1. The van der Waals surface area contributed by atoms with E-state index in [1.165, 1.54) is 0 Å². The molecule has 8 heteroatoms. The lowest BCUT2D eigenvalue weighted by Crippen LogP contribution is -2.28. The standard InChI is InChI=1S/C20H23FN6O/c1-13-10-19(27-26-13)23-18-11-17(22-15-6-8-28-9-7-15)24-20(25-18)16-5-3-2-4-14(16)12-21/h2-5,10-11,15H,6-9,12H2,1H3,(H3,22,23,24,25,26,27). The van der Waals surface area contributed by atoms with E-state index in [-0.39, 0.29) is 6.04 Å². The first kappa shape index (κ1) is 18.4. The summed E-state index contributed by atoms with van der Waals surface area (Å²) in [5.41, 5.74) is 2.19. The molecule has 0 amide bonds. The van der Waals surface area contributed by atoms with Crippen LogP contribution in [0, 0.1) is 6.92 Å². The molecule has 0 radical (unpaired) electrons. The average molecular weight is 382 g/mol. The summed E-state index contributed by atoms with van der Waals surface area (Å²) in [6, 6.07) is 11.3. The number of halogens is 1. The van der Waals surface area contributed by atoms with Crippen LogP contribution in [0.3, 0.4) is 0 Å². The van der Waals surface area contributed by atoms with Gasteiger partial charge in [-0.05, 0) is 25.3 Å². The number of hydrogen-bond donors (Lipinski definition) is 3. The van der Waals surface area contributed by atoms with Crippen LogP contribution in [-0.2, 0) is 11.4 Å². The Kier molecular flexibility index (Phi) is 5.48. The molecule has 4 rings (SSSR count). The van der Waals surface area contributed by atoms with Crippen LogP contribution < -0.4 is 10.6 Å². The fourth-order valence-electron chi connectivity index (χ4n) is 3.22. The van der Waals surface area contributed by atoms with E-state index in [0.29, 0.717) is 34.4 Å². The van der Waals surface area contributed by atoms with Crippen molar-refractivity contribution in [1.82, 2.24) is 20.2 Å². The second kappa shape index (κ2) is 8.35. The molecule has 3 aromatic rings. The maximum atomic E-state index is 13.5. The van der Waals surface area contributed by atoms with Gasteiger partial charge in [0.05, 0.1) is 0 Å². The summed E-state index contributed by atoms with van der Waals surface area (Å²) < 4.78 is 18.9. The molecular formula is C20H23FN6O. The lowest BCUT2D eigenvalue weighted by atomic mass is 10.1. The summed E-state index contributed by atoms with van der Waals surface area (Å²) in [6.45, 7) is 2.83. The third kappa shape index (κ3) is 4.28. The van der Waals surface area contributed by atoms with Crippen molar-refractivity contribution in [2.24, 2.45) is 0 Å². The Morgan fingerprint density at radius 3 is 2.64 bits per heavy atom. The van der Waals surface area contributed by atoms with E-state index >= 15 is 0 Å². The molecule has 0 aliphatic carbocycles. The molecule has 3 N–H and O–H groups in total. The molecule has 146 valence electrons. The van der Waals surface area contributed by atoms with E-state index in [1.54, 1.807) is 6.07 Å². The van der Waals surface area contributed by atoms with Gasteiger partial charge < -0.3 is 15.4 Å². The summed E-state index contributed by atoms with van der Waals surface area (Å²) in [7, 11) is 0. The number of H-pyrrole nitrogens is 1. The molecule has 3 heterocycles. The number of hydrogen-bond acceptors (Lipinski definition) is 6. The third-order valence-corrected chi connectivity index (χ3v) is 4.66. The van der Waals surface area contributed by atoms with Crippen molar-refractivity contribution >= 4 is 17.5 Å². The van der Waals surface area contributed by atoms with E-state index in [2.05, 4.69) is 30.8 Å². The quantitative estimate of drug-likeness (QED) is 0.598. The monoisotopic (exact) mass is 382 g/mol. The van der Waals surface area contributed by atoms with E-state index in [0.717, 1.165) is 31.7 Å². The van der Waals surface area contributed by atoms with Crippen LogP contribution >= 0.6 is 0 Å². The minimum Gasteiger partial charge on any atom is -0.381 e. The Bertz CT molecular complexity index is 938. The predicted octanol–water partition coefficient (Wildman–Crippen LogP) is 3.98. The number of ether oxygens (including phenoxy) is 1. The molecular weight excluding hydrogens is 359 g/mol. The Morgan fingerprint density at radius 2 is 1.89 bits per heavy atom. The molecule has 1 aliphatic heterocycles. The number of benzene rings is 1. The zero-order chi connectivity index (χ0) is 19.3. The molecule has 2 aromatic heterocycles. The van der Waals surface area contributed by atoms with Gasteiger partial charge in [-0.2, -0.15) is 5.10 Å². The first-order chi connectivity index (χ1) is 13.7. The van der Waals surface area contributed by atoms with E-state index in [4.69, 9.17) is 4.74 Å². The Labute approximate surface area is 162 Å². The van der Waals surface area contributed by atoms with Crippen molar-refractivity contribution in [2.45, 2.75) is 32.5 Å². The average Bonchev–Trinajstić information content (AvgIpc) is 3.13. The van der Waals surface area contributed by atoms with Crippen molar-refractivity contribution in [2.75, 3.05) is 23.8 Å². The van der Waals surface area contributed by atoms with Gasteiger partial charge in [0, 0.05) is 42.6 Å². The number of nitrogens with one attached hydrogen (secondary N) is 3. The fraction of sp³-hybridized carbons (Fsp3) is 0.350. The van der Waals surface area contributed by atoms with Crippen molar-refractivity contribution < 1.29 is 9.13 Å². The summed E-state index contributed by atoms with van der Waals surface area (Å²) in [4.78, 5) is 9.26. The molecule has 7 nitrogen and oxygen atoms in total. The first-order valence-corrected chi connectivity index (χ1v) is 9.38. The maximum Gasteiger partial charge on any atom is 0.164 e. The van der Waals surface area contributed by atoms with Crippen molar-refractivity contribution in [1.29, 1.82) is 0 Å². The van der Waals surface area contributed by atoms with E-state index in [9.17, 15) is 4.39 Å². The largest absolute Gasteiger partial charge is 0.381 e. The van der Waals surface area contributed by atoms with Crippen LogP contribution in [0.15, 0.2) is 36.4 Å². The first-order valence-electron chi connectivity index (χ1n) is 9.38. The lowest BCUT2D eigenvalue weighted by molar-refractivity contribution is 0.0904. The van der Waals surface area contributed by atoms with Gasteiger partial charge in [-0.25, -0.2) is 14.4 Å². The normalized spacial score (nSPS) is 14.8. The number of rotatable bonds is 6. The second-order valence-electron chi connectivity index (χ2n) is 6.84. The van der Waals surface area contributed by atoms with Gasteiger partial charge in [0.1, 0.15) is 18.3 Å². The zero-order valence-corrected chi connectivity index (χ0v) is 15.7. The SMILES string of the molecule is Cc1cc(Nc2cc(NC3CCOCC3)nc(-c3ccccc3CF)n2)n[nH]1. The van der Waals surface area contributed by atoms with Crippen LogP contribution in [0.2, 0.25) is 0 Å². The highest BCUT2D eigenvalue weighted by Gasteiger charge is 2.17. The number of aromatic nitrogens is 4. The molecule has 1 aliphatic rings. The Morgan fingerprint density at radius 1 is 1.11 bits per heavy atom. The molecule has 0 atom stereocenters. The van der Waals surface area contributed by atoms with Crippen LogP contribution in [0.1, 0.15) is 24.1 Å². The van der Waals surface area contributed by atoms with Gasteiger partial charge in [-0.1, -0.05) is 24.3 Å². The van der Waals surface area contributed by atoms with E-state index in [1.807, 2.05) is 37.3 Å². The van der Waals surface area contributed by atoms with Gasteiger partial charge in [-0.3, -0.25) is 5.10 Å². The van der Waals surface area contributed by atoms with Crippen molar-refractivity contribution in [3.63, 3.8) is 0 Å². The minimum atomic E-state index is -0.571. The summed E-state index contributed by atoms with van der Waals surface area (Å²) in [6.07, 6.45) is 1.84. The molecule has 0 saturated carbocycles. The van der Waals surface area contributed by atoms with Gasteiger partial charge >= 0.3 is 0 Å². The van der Waals surface area contributed by atoms with Crippen molar-refractivity contribution in [3.8, 4) is 11.4 Å². The zero-order valence-electron chi connectivity index (χ0n) is 15.7. The highest BCUT2D eigenvalue weighted by atomic mass is 19.1. The molecule has 0 spiro atoms. The summed E-state index contributed by atoms with van der Waals surface area (Å²) in [5.74, 6) is 2.43. The van der Waals surface area contributed by atoms with Gasteiger partial charge in [0.25, 0.3) is 0 Å². The van der Waals surface area contributed by atoms with Gasteiger partial charge in [-0.15, -0.1) is 0 Å². The Balaban J connectivity index is 1.69. The highest BCUT2D eigenvalue weighted by Crippen LogP contribution is 2.26. The number of nitrogens with zero attached hydrogens (tertiary/aromatic N) is 3. The summed E-state index contributed by atoms with van der Waals surface area (Å²) >= 11 is 0. The maximum absolute atomic E-state index is 13.5. The van der Waals surface area contributed by atoms with Crippen LogP contribution in [0.25, 0.3) is 11.4 Å².